The van der Waals surface area contributed by atoms with Crippen LogP contribution in [-0.2, 0) is 0 Å². The molecule has 1 aromatic rings. The van der Waals surface area contributed by atoms with Gasteiger partial charge in [-0.15, -0.1) is 4.98 Å². The summed E-state index contributed by atoms with van der Waals surface area (Å²) in [5, 5.41) is 3.29. The van der Waals surface area contributed by atoms with Crippen LogP contribution in [-0.4, -0.2) is 54.3 Å². The topological polar surface area (TPSA) is 72.4 Å². The molecule has 0 amide bonds. The van der Waals surface area contributed by atoms with Crippen LogP contribution in [0.25, 0.3) is 0 Å². The molecule has 1 N–H and O–H groups in total. The van der Waals surface area contributed by atoms with Gasteiger partial charge in [-0.2, -0.15) is 9.97 Å². The molecule has 0 atom stereocenters. The fourth-order valence-electron chi connectivity index (χ4n) is 1.72. The van der Waals surface area contributed by atoms with Crippen molar-refractivity contribution in [3.63, 3.8) is 0 Å². The maximum absolute atomic E-state index is 5.34. The molecule has 2 heterocycles. The van der Waals surface area contributed by atoms with E-state index in [1.54, 1.807) is 0 Å². The Morgan fingerprint density at radius 3 is 2.06 bits per heavy atom. The van der Waals surface area contributed by atoms with Gasteiger partial charge in [-0.25, -0.2) is 0 Å². The molecular weight excluding hydrogens is 234 g/mol. The van der Waals surface area contributed by atoms with Gasteiger partial charge in [-0.05, 0) is 13.8 Å². The van der Waals surface area contributed by atoms with Crippen molar-refractivity contribution < 1.29 is 9.47 Å². The van der Waals surface area contributed by atoms with Gasteiger partial charge in [0.1, 0.15) is 0 Å². The number of ether oxygens (including phenoxy) is 2. The number of hydrogen-bond donors (Lipinski definition) is 1. The summed E-state index contributed by atoms with van der Waals surface area (Å²) < 4.78 is 10.7. The lowest BCUT2D eigenvalue weighted by molar-refractivity contribution is 0.279. The van der Waals surface area contributed by atoms with E-state index in [0.29, 0.717) is 31.2 Å². The van der Waals surface area contributed by atoms with Crippen molar-refractivity contribution in [3.8, 4) is 12.0 Å². The van der Waals surface area contributed by atoms with E-state index in [2.05, 4.69) is 25.2 Å². The van der Waals surface area contributed by atoms with Crippen LogP contribution in [0.1, 0.15) is 13.8 Å². The minimum absolute atomic E-state index is 0.324. The third-order valence-electron chi connectivity index (χ3n) is 2.53. The molecule has 1 aliphatic heterocycles. The quantitative estimate of drug-likeness (QED) is 0.796. The minimum atomic E-state index is 0.324. The molecule has 0 radical (unpaired) electrons. The first kappa shape index (κ1) is 12.8. The SMILES string of the molecule is CCOc1nc(OCC)nc(N2CCNCC2)n1. The summed E-state index contributed by atoms with van der Waals surface area (Å²) in [6.45, 7) is 8.46. The molecule has 0 aromatic carbocycles. The molecule has 2 rings (SSSR count). The van der Waals surface area contributed by atoms with Crippen LogP contribution in [0.5, 0.6) is 12.0 Å². The fraction of sp³-hybridized carbons (Fsp3) is 0.727. The minimum Gasteiger partial charge on any atom is -0.464 e. The highest BCUT2D eigenvalue weighted by molar-refractivity contribution is 5.32. The normalized spacial score (nSPS) is 15.6. The highest BCUT2D eigenvalue weighted by atomic mass is 16.5. The average molecular weight is 253 g/mol. The molecule has 1 aromatic heterocycles. The number of nitrogens with one attached hydrogen (secondary N) is 1. The van der Waals surface area contributed by atoms with Crippen molar-refractivity contribution in [2.75, 3.05) is 44.3 Å². The summed E-state index contributed by atoms with van der Waals surface area (Å²) in [6.07, 6.45) is 0. The van der Waals surface area contributed by atoms with E-state index in [-0.39, 0.29) is 0 Å². The second-order valence-corrected chi connectivity index (χ2v) is 3.80. The number of aromatic nitrogens is 3. The zero-order chi connectivity index (χ0) is 12.8. The van der Waals surface area contributed by atoms with Crippen LogP contribution in [0, 0.1) is 0 Å². The van der Waals surface area contributed by atoms with Crippen LogP contribution in [0.15, 0.2) is 0 Å². The van der Waals surface area contributed by atoms with Crippen LogP contribution in [0.3, 0.4) is 0 Å². The Morgan fingerprint density at radius 1 is 1.00 bits per heavy atom. The van der Waals surface area contributed by atoms with Gasteiger partial charge in [0.15, 0.2) is 0 Å². The Morgan fingerprint density at radius 2 is 1.56 bits per heavy atom. The summed E-state index contributed by atoms with van der Waals surface area (Å²) in [7, 11) is 0. The standard InChI is InChI=1S/C11H19N5O2/c1-3-17-10-13-9(14-11(15-10)18-4-2)16-7-5-12-6-8-16/h12H,3-8H2,1-2H3. The lowest BCUT2D eigenvalue weighted by Gasteiger charge is -2.27. The van der Waals surface area contributed by atoms with Gasteiger partial charge < -0.3 is 19.7 Å². The summed E-state index contributed by atoms with van der Waals surface area (Å²) in [6, 6.07) is 0.647. The number of rotatable bonds is 5. The van der Waals surface area contributed by atoms with Crippen LogP contribution in [0.2, 0.25) is 0 Å². The van der Waals surface area contributed by atoms with E-state index in [1.807, 2.05) is 13.8 Å². The fourth-order valence-corrected chi connectivity index (χ4v) is 1.72. The third-order valence-corrected chi connectivity index (χ3v) is 2.53. The zero-order valence-electron chi connectivity index (χ0n) is 10.8. The smallest absolute Gasteiger partial charge is 0.324 e. The Labute approximate surface area is 107 Å². The van der Waals surface area contributed by atoms with E-state index < -0.39 is 0 Å². The zero-order valence-corrected chi connectivity index (χ0v) is 10.8. The molecular formula is C11H19N5O2. The molecule has 1 fully saturated rings. The maximum atomic E-state index is 5.34. The van der Waals surface area contributed by atoms with Crippen molar-refractivity contribution in [3.05, 3.63) is 0 Å². The molecule has 0 spiro atoms. The molecule has 1 aliphatic rings. The number of anilines is 1. The Balaban J connectivity index is 2.20. The summed E-state index contributed by atoms with van der Waals surface area (Å²) in [5.41, 5.74) is 0. The Kier molecular flexibility index (Phi) is 4.52. The molecule has 100 valence electrons. The van der Waals surface area contributed by atoms with Gasteiger partial charge in [0.25, 0.3) is 0 Å². The van der Waals surface area contributed by atoms with E-state index in [9.17, 15) is 0 Å². The first-order chi connectivity index (χ1) is 8.83. The molecule has 0 bridgehead atoms. The van der Waals surface area contributed by atoms with Crippen LogP contribution >= 0.6 is 0 Å². The van der Waals surface area contributed by atoms with Crippen molar-refractivity contribution in [2.45, 2.75) is 13.8 Å². The monoisotopic (exact) mass is 253 g/mol. The van der Waals surface area contributed by atoms with E-state index in [0.717, 1.165) is 26.2 Å². The van der Waals surface area contributed by atoms with Gasteiger partial charge in [0.2, 0.25) is 5.95 Å². The molecule has 1 saturated heterocycles. The highest BCUT2D eigenvalue weighted by Crippen LogP contribution is 2.16. The second-order valence-electron chi connectivity index (χ2n) is 3.80. The third kappa shape index (κ3) is 3.19. The van der Waals surface area contributed by atoms with Gasteiger partial charge >= 0.3 is 12.0 Å². The van der Waals surface area contributed by atoms with Gasteiger partial charge in [0, 0.05) is 26.2 Å². The Bertz CT molecular complexity index is 357. The van der Waals surface area contributed by atoms with Crippen molar-refractivity contribution in [1.82, 2.24) is 20.3 Å². The second kappa shape index (κ2) is 6.34. The summed E-state index contributed by atoms with van der Waals surface area (Å²) in [5.74, 6) is 0.624. The van der Waals surface area contributed by atoms with Crippen LogP contribution in [0.4, 0.5) is 5.95 Å². The lowest BCUT2D eigenvalue weighted by Crippen LogP contribution is -2.44. The summed E-state index contributed by atoms with van der Waals surface area (Å²) >= 11 is 0. The molecule has 0 saturated carbocycles. The molecule has 0 unspecified atom stereocenters. The molecule has 0 aliphatic carbocycles. The molecule has 18 heavy (non-hydrogen) atoms. The summed E-state index contributed by atoms with van der Waals surface area (Å²) in [4.78, 5) is 14.8. The highest BCUT2D eigenvalue weighted by Gasteiger charge is 2.16. The van der Waals surface area contributed by atoms with Gasteiger partial charge in [0.05, 0.1) is 13.2 Å². The number of nitrogens with zero attached hydrogens (tertiary/aromatic N) is 4. The van der Waals surface area contributed by atoms with Crippen LogP contribution < -0.4 is 19.7 Å². The number of hydrogen-bond acceptors (Lipinski definition) is 7. The van der Waals surface area contributed by atoms with E-state index in [1.165, 1.54) is 0 Å². The molecule has 7 heteroatoms. The van der Waals surface area contributed by atoms with Crippen molar-refractivity contribution in [1.29, 1.82) is 0 Å². The number of piperazine rings is 1. The van der Waals surface area contributed by atoms with E-state index in [4.69, 9.17) is 9.47 Å². The maximum Gasteiger partial charge on any atom is 0.324 e. The molecule has 7 nitrogen and oxygen atoms in total. The van der Waals surface area contributed by atoms with E-state index >= 15 is 0 Å². The average Bonchev–Trinajstić information content (AvgIpc) is 2.40. The largest absolute Gasteiger partial charge is 0.464 e. The Hall–Kier alpha value is -1.63. The first-order valence-electron chi connectivity index (χ1n) is 6.30. The van der Waals surface area contributed by atoms with Gasteiger partial charge in [-0.1, -0.05) is 0 Å². The van der Waals surface area contributed by atoms with Gasteiger partial charge in [-0.3, -0.25) is 0 Å². The predicted molar refractivity (Wildman–Crippen MR) is 67.2 cm³/mol. The lowest BCUT2D eigenvalue weighted by atomic mass is 10.4. The van der Waals surface area contributed by atoms with Crippen molar-refractivity contribution >= 4 is 5.95 Å². The predicted octanol–water partition coefficient (Wildman–Crippen LogP) is 0.0786. The van der Waals surface area contributed by atoms with Crippen molar-refractivity contribution in [2.24, 2.45) is 0 Å². The first-order valence-corrected chi connectivity index (χ1v) is 6.30.